The van der Waals surface area contributed by atoms with Crippen LogP contribution in [0.15, 0.2) is 0 Å². The van der Waals surface area contributed by atoms with Crippen LogP contribution in [0.3, 0.4) is 0 Å². The van der Waals surface area contributed by atoms with E-state index in [1.54, 1.807) is 0 Å². The number of rotatable bonds is 4. The Morgan fingerprint density at radius 2 is 2.43 bits per heavy atom. The van der Waals surface area contributed by atoms with Crippen LogP contribution >= 0.6 is 0 Å². The zero-order valence-electron chi connectivity index (χ0n) is 7.89. The molecule has 1 atom stereocenters. The largest absolute Gasteiger partial charge is 0.465 e. The summed E-state index contributed by atoms with van der Waals surface area (Å²) in [5.74, 6) is 0. The Balaban J connectivity index is 2.22. The number of aliphatic hydroxyl groups is 1. The highest BCUT2D eigenvalue weighted by Crippen LogP contribution is 2.05. The molecule has 0 radical (unpaired) electrons. The van der Waals surface area contributed by atoms with Crippen molar-refractivity contribution in [3.05, 3.63) is 0 Å². The van der Waals surface area contributed by atoms with E-state index in [0.29, 0.717) is 26.3 Å². The van der Waals surface area contributed by atoms with Gasteiger partial charge >= 0.3 is 6.09 Å². The van der Waals surface area contributed by atoms with E-state index in [1.165, 1.54) is 4.90 Å². The quantitative estimate of drug-likeness (QED) is 0.598. The van der Waals surface area contributed by atoms with E-state index in [1.807, 2.05) is 0 Å². The Labute approximate surface area is 82.0 Å². The molecule has 6 nitrogen and oxygen atoms in total. The predicted molar refractivity (Wildman–Crippen MR) is 47.2 cm³/mol. The van der Waals surface area contributed by atoms with Gasteiger partial charge in [0.1, 0.15) is 0 Å². The topological polar surface area (TPSA) is 79.2 Å². The van der Waals surface area contributed by atoms with Gasteiger partial charge in [-0.1, -0.05) is 0 Å². The second-order valence-electron chi connectivity index (χ2n) is 3.02. The Hall–Kier alpha value is -0.850. The molecule has 14 heavy (non-hydrogen) atoms. The lowest BCUT2D eigenvalue weighted by Gasteiger charge is -2.30. The van der Waals surface area contributed by atoms with Gasteiger partial charge in [0.25, 0.3) is 0 Å². The van der Waals surface area contributed by atoms with Gasteiger partial charge in [-0.25, -0.2) is 4.79 Å². The lowest BCUT2D eigenvalue weighted by Crippen LogP contribution is -2.46. The Bertz CT molecular complexity index is 187. The normalized spacial score (nSPS) is 22.4. The van der Waals surface area contributed by atoms with Crippen LogP contribution in [-0.2, 0) is 9.47 Å². The minimum atomic E-state index is -0.930. The maximum Gasteiger partial charge on any atom is 0.407 e. The zero-order chi connectivity index (χ0) is 10.4. The Morgan fingerprint density at radius 3 is 3.07 bits per heavy atom. The third-order valence-corrected chi connectivity index (χ3v) is 1.95. The summed E-state index contributed by atoms with van der Waals surface area (Å²) in [4.78, 5) is 11.9. The number of nitrogens with zero attached hydrogens (tertiary/aromatic N) is 1. The van der Waals surface area contributed by atoms with Gasteiger partial charge in [0.2, 0.25) is 0 Å². The fraction of sp³-hybridized carbons (Fsp3) is 0.875. The molecule has 6 heteroatoms. The first kappa shape index (κ1) is 11.2. The fourth-order valence-electron chi connectivity index (χ4n) is 1.27. The van der Waals surface area contributed by atoms with Crippen molar-refractivity contribution in [2.24, 2.45) is 0 Å². The second kappa shape index (κ2) is 5.79. The van der Waals surface area contributed by atoms with Crippen molar-refractivity contribution in [3.8, 4) is 0 Å². The lowest BCUT2D eigenvalue weighted by atomic mass is 10.3. The second-order valence-corrected chi connectivity index (χ2v) is 3.02. The number of morpholine rings is 1. The summed E-state index contributed by atoms with van der Waals surface area (Å²) in [5.41, 5.74) is 0. The molecule has 0 bridgehead atoms. The molecule has 0 unspecified atom stereocenters. The van der Waals surface area contributed by atoms with Crippen molar-refractivity contribution >= 4 is 6.09 Å². The average molecular weight is 205 g/mol. The van der Waals surface area contributed by atoms with E-state index in [2.05, 4.69) is 0 Å². The van der Waals surface area contributed by atoms with Crippen molar-refractivity contribution in [2.75, 3.05) is 39.5 Å². The van der Waals surface area contributed by atoms with Crippen LogP contribution in [0.4, 0.5) is 4.79 Å². The molecule has 1 fully saturated rings. The summed E-state index contributed by atoms with van der Waals surface area (Å²) in [6, 6.07) is 0. The number of hydrogen-bond acceptors (Lipinski definition) is 4. The Kier molecular flexibility index (Phi) is 4.64. The number of carboxylic acid groups (broad SMARTS) is 1. The Morgan fingerprint density at radius 1 is 1.64 bits per heavy atom. The highest BCUT2D eigenvalue weighted by atomic mass is 16.5. The van der Waals surface area contributed by atoms with Gasteiger partial charge in [0, 0.05) is 6.54 Å². The molecule has 1 heterocycles. The molecule has 82 valence electrons. The summed E-state index contributed by atoms with van der Waals surface area (Å²) < 4.78 is 10.3. The van der Waals surface area contributed by atoms with Crippen molar-refractivity contribution in [2.45, 2.75) is 6.10 Å². The van der Waals surface area contributed by atoms with Gasteiger partial charge in [-0.2, -0.15) is 0 Å². The van der Waals surface area contributed by atoms with Gasteiger partial charge < -0.3 is 24.6 Å². The van der Waals surface area contributed by atoms with E-state index in [0.717, 1.165) is 0 Å². The van der Waals surface area contributed by atoms with Gasteiger partial charge in [-0.15, -0.1) is 0 Å². The van der Waals surface area contributed by atoms with Crippen LogP contribution in [-0.4, -0.2) is 66.8 Å². The number of hydrogen-bond donors (Lipinski definition) is 2. The smallest absolute Gasteiger partial charge is 0.407 e. The highest BCUT2D eigenvalue weighted by Gasteiger charge is 2.23. The molecule has 1 amide bonds. The van der Waals surface area contributed by atoms with E-state index in [9.17, 15) is 4.79 Å². The van der Waals surface area contributed by atoms with Crippen molar-refractivity contribution in [3.63, 3.8) is 0 Å². The first-order valence-corrected chi connectivity index (χ1v) is 4.52. The molecule has 1 rings (SSSR count). The molecule has 1 aliphatic rings. The third-order valence-electron chi connectivity index (χ3n) is 1.95. The van der Waals surface area contributed by atoms with Crippen LogP contribution in [0.5, 0.6) is 0 Å². The average Bonchev–Trinajstić information content (AvgIpc) is 2.19. The molecule has 0 spiro atoms. The van der Waals surface area contributed by atoms with Crippen molar-refractivity contribution < 1.29 is 24.5 Å². The number of aliphatic hydroxyl groups excluding tert-OH is 1. The maximum atomic E-state index is 10.6. The molecule has 0 aromatic carbocycles. The lowest BCUT2D eigenvalue weighted by molar-refractivity contribution is -0.0663. The SMILES string of the molecule is O=C(O)N1CCO[C@@H](COCCO)C1. The summed E-state index contributed by atoms with van der Waals surface area (Å²) in [6.45, 7) is 1.69. The van der Waals surface area contributed by atoms with Crippen molar-refractivity contribution in [1.82, 2.24) is 4.90 Å². The van der Waals surface area contributed by atoms with Crippen LogP contribution < -0.4 is 0 Å². The molecule has 0 aromatic heterocycles. The number of ether oxygens (including phenoxy) is 2. The fourth-order valence-corrected chi connectivity index (χ4v) is 1.27. The summed E-state index contributed by atoms with van der Waals surface area (Å²) in [7, 11) is 0. The molecule has 1 saturated heterocycles. The van der Waals surface area contributed by atoms with Gasteiger partial charge in [0.15, 0.2) is 0 Å². The minimum Gasteiger partial charge on any atom is -0.465 e. The molecular weight excluding hydrogens is 190 g/mol. The first-order chi connectivity index (χ1) is 6.74. The standard InChI is InChI=1S/C8H15NO5/c10-2-4-13-6-7-5-9(8(11)12)1-3-14-7/h7,10H,1-6H2,(H,11,12)/t7-/m1/s1. The van der Waals surface area contributed by atoms with Crippen LogP contribution in [0, 0.1) is 0 Å². The van der Waals surface area contributed by atoms with Gasteiger partial charge in [0.05, 0.1) is 39.1 Å². The summed E-state index contributed by atoms with van der Waals surface area (Å²) in [6.07, 6.45) is -1.15. The summed E-state index contributed by atoms with van der Waals surface area (Å²) >= 11 is 0. The van der Waals surface area contributed by atoms with Gasteiger partial charge in [-0.3, -0.25) is 0 Å². The zero-order valence-corrected chi connectivity index (χ0v) is 7.89. The summed E-state index contributed by atoms with van der Waals surface area (Å²) in [5, 5.41) is 17.2. The van der Waals surface area contributed by atoms with Crippen molar-refractivity contribution in [1.29, 1.82) is 0 Å². The molecule has 0 aliphatic carbocycles. The van der Waals surface area contributed by atoms with Gasteiger partial charge in [-0.05, 0) is 0 Å². The molecule has 0 saturated carbocycles. The first-order valence-electron chi connectivity index (χ1n) is 4.52. The van der Waals surface area contributed by atoms with Crippen LogP contribution in [0.1, 0.15) is 0 Å². The van der Waals surface area contributed by atoms with E-state index >= 15 is 0 Å². The van der Waals surface area contributed by atoms with E-state index in [-0.39, 0.29) is 19.3 Å². The number of amides is 1. The van der Waals surface area contributed by atoms with Crippen LogP contribution in [0.25, 0.3) is 0 Å². The minimum absolute atomic E-state index is 0.0324. The maximum absolute atomic E-state index is 10.6. The van der Waals surface area contributed by atoms with E-state index < -0.39 is 6.09 Å². The highest BCUT2D eigenvalue weighted by molar-refractivity contribution is 5.65. The molecular formula is C8H15NO5. The number of carbonyl (C=O) groups is 1. The van der Waals surface area contributed by atoms with E-state index in [4.69, 9.17) is 19.7 Å². The monoisotopic (exact) mass is 205 g/mol. The predicted octanol–water partition coefficient (Wildman–Crippen LogP) is -0.626. The van der Waals surface area contributed by atoms with Crippen LogP contribution in [0.2, 0.25) is 0 Å². The molecule has 1 aliphatic heterocycles. The molecule has 0 aromatic rings. The molecule has 2 N–H and O–H groups in total. The third kappa shape index (κ3) is 3.49.